The predicted octanol–water partition coefficient (Wildman–Crippen LogP) is 4.13. The van der Waals surface area contributed by atoms with Crippen molar-refractivity contribution in [3.8, 4) is 11.1 Å². The number of rotatable bonds is 8. The first kappa shape index (κ1) is 19.4. The molecular formula is C23H24N2O3. The first-order valence-electron chi connectivity index (χ1n) is 9.33. The number of H-pyrrole nitrogens is 1. The molecule has 144 valence electrons. The summed E-state index contributed by atoms with van der Waals surface area (Å²) in [7, 11) is 0. The van der Waals surface area contributed by atoms with Crippen LogP contribution in [0.5, 0.6) is 0 Å². The molecule has 0 aliphatic heterocycles. The third-order valence-corrected chi connectivity index (χ3v) is 4.80. The van der Waals surface area contributed by atoms with Gasteiger partial charge in [0.2, 0.25) is 0 Å². The number of hydrogen-bond donors (Lipinski definition) is 3. The van der Waals surface area contributed by atoms with Gasteiger partial charge < -0.3 is 15.4 Å². The first-order chi connectivity index (χ1) is 13.5. The molecule has 3 rings (SSSR count). The van der Waals surface area contributed by atoms with Crippen LogP contribution in [-0.2, 0) is 11.2 Å². The molecule has 0 fully saturated rings. The summed E-state index contributed by atoms with van der Waals surface area (Å²) in [6.45, 7) is 1.66. The molecule has 2 atom stereocenters. The highest BCUT2D eigenvalue weighted by Crippen LogP contribution is 2.20. The summed E-state index contributed by atoms with van der Waals surface area (Å²) in [5.74, 6) is -1.61. The van der Waals surface area contributed by atoms with Crippen molar-refractivity contribution in [1.82, 2.24) is 10.3 Å². The number of aliphatic carboxylic acids is 1. The molecule has 5 heteroatoms. The van der Waals surface area contributed by atoms with E-state index in [1.807, 2.05) is 30.3 Å². The number of carbonyl (C=O) groups is 2. The molecule has 0 saturated heterocycles. The smallest absolute Gasteiger partial charge is 0.306 e. The van der Waals surface area contributed by atoms with Gasteiger partial charge in [0, 0.05) is 18.4 Å². The van der Waals surface area contributed by atoms with Gasteiger partial charge in [0.05, 0.1) is 11.5 Å². The van der Waals surface area contributed by atoms with Crippen LogP contribution in [0, 0.1) is 5.92 Å². The highest BCUT2D eigenvalue weighted by Gasteiger charge is 2.21. The van der Waals surface area contributed by atoms with Crippen LogP contribution in [0.3, 0.4) is 0 Å². The van der Waals surface area contributed by atoms with E-state index >= 15 is 0 Å². The van der Waals surface area contributed by atoms with E-state index in [0.717, 1.165) is 16.7 Å². The van der Waals surface area contributed by atoms with E-state index in [9.17, 15) is 14.7 Å². The van der Waals surface area contributed by atoms with Crippen molar-refractivity contribution in [3.05, 3.63) is 84.2 Å². The van der Waals surface area contributed by atoms with Crippen molar-refractivity contribution >= 4 is 11.9 Å². The fourth-order valence-corrected chi connectivity index (χ4v) is 3.20. The second kappa shape index (κ2) is 9.04. The van der Waals surface area contributed by atoms with E-state index in [0.29, 0.717) is 18.4 Å². The third-order valence-electron chi connectivity index (χ3n) is 4.80. The summed E-state index contributed by atoms with van der Waals surface area (Å²) < 4.78 is 0. The maximum absolute atomic E-state index is 12.4. The average molecular weight is 376 g/mol. The van der Waals surface area contributed by atoms with Crippen LogP contribution in [0.15, 0.2) is 73.1 Å². The van der Waals surface area contributed by atoms with Crippen molar-refractivity contribution in [1.29, 1.82) is 0 Å². The Labute approximate surface area is 164 Å². The number of carboxylic acid groups (broad SMARTS) is 1. The summed E-state index contributed by atoms with van der Waals surface area (Å²) in [5.41, 5.74) is 3.85. The van der Waals surface area contributed by atoms with Gasteiger partial charge in [0.15, 0.2) is 0 Å². The fraction of sp³-hybridized carbons (Fsp3) is 0.217. The van der Waals surface area contributed by atoms with Crippen LogP contribution >= 0.6 is 0 Å². The van der Waals surface area contributed by atoms with Crippen LogP contribution in [0.4, 0.5) is 0 Å². The summed E-state index contributed by atoms with van der Waals surface area (Å²) >= 11 is 0. The number of nitrogens with one attached hydrogen (secondary N) is 2. The number of aromatic amines is 1. The van der Waals surface area contributed by atoms with Crippen molar-refractivity contribution in [2.24, 2.45) is 5.92 Å². The number of aromatic nitrogens is 1. The molecule has 0 aliphatic carbocycles. The van der Waals surface area contributed by atoms with Gasteiger partial charge in [-0.2, -0.15) is 0 Å². The molecule has 1 heterocycles. The molecule has 5 nitrogen and oxygen atoms in total. The highest BCUT2D eigenvalue weighted by molar-refractivity contribution is 5.94. The predicted molar refractivity (Wildman–Crippen MR) is 109 cm³/mol. The van der Waals surface area contributed by atoms with Gasteiger partial charge in [0.1, 0.15) is 0 Å². The Hall–Kier alpha value is -3.34. The Kier molecular flexibility index (Phi) is 6.27. The molecule has 1 aromatic heterocycles. The zero-order valence-corrected chi connectivity index (χ0v) is 15.8. The minimum Gasteiger partial charge on any atom is -0.481 e. The van der Waals surface area contributed by atoms with Gasteiger partial charge in [-0.25, -0.2) is 0 Å². The number of hydrogen-bond acceptors (Lipinski definition) is 2. The standard InChI is InChI=1S/C23H24N2O3/c1-16(23(27)28)13-21(25-22(26)20-11-12-24-15-20)14-17-7-9-19(10-8-17)18-5-3-2-4-6-18/h2-12,15-16,21,24H,13-14H2,1H3,(H,25,26)(H,27,28)/t16-,21+/m1/s1. The Bertz CT molecular complexity index is 903. The number of carbonyl (C=O) groups excluding carboxylic acids is 1. The van der Waals surface area contributed by atoms with Gasteiger partial charge in [-0.15, -0.1) is 0 Å². The van der Waals surface area contributed by atoms with Crippen LogP contribution in [0.25, 0.3) is 11.1 Å². The Morgan fingerprint density at radius 2 is 1.68 bits per heavy atom. The van der Waals surface area contributed by atoms with E-state index in [1.165, 1.54) is 0 Å². The molecule has 1 amide bonds. The second-order valence-electron chi connectivity index (χ2n) is 7.01. The number of amides is 1. The van der Waals surface area contributed by atoms with E-state index < -0.39 is 11.9 Å². The van der Waals surface area contributed by atoms with Crippen LogP contribution in [-0.4, -0.2) is 28.0 Å². The third kappa shape index (κ3) is 5.10. The summed E-state index contributed by atoms with van der Waals surface area (Å²) in [4.78, 5) is 26.6. The molecule has 28 heavy (non-hydrogen) atoms. The lowest BCUT2D eigenvalue weighted by atomic mass is 9.94. The minimum atomic E-state index is -0.861. The summed E-state index contributed by atoms with van der Waals surface area (Å²) in [6, 6.07) is 19.7. The van der Waals surface area contributed by atoms with Crippen LogP contribution < -0.4 is 5.32 Å². The quantitative estimate of drug-likeness (QED) is 0.553. The molecule has 0 saturated carbocycles. The van der Waals surface area contributed by atoms with Gasteiger partial charge >= 0.3 is 5.97 Å². The van der Waals surface area contributed by atoms with Crippen molar-refractivity contribution in [2.45, 2.75) is 25.8 Å². The second-order valence-corrected chi connectivity index (χ2v) is 7.01. The summed E-state index contributed by atoms with van der Waals surface area (Å²) in [6.07, 6.45) is 4.25. The SMILES string of the molecule is C[C@H](C[C@@H](Cc1ccc(-c2ccccc2)cc1)NC(=O)c1cc[nH]c1)C(=O)O. The van der Waals surface area contributed by atoms with Crippen molar-refractivity contribution < 1.29 is 14.7 Å². The van der Waals surface area contributed by atoms with E-state index in [4.69, 9.17) is 0 Å². The number of benzene rings is 2. The van der Waals surface area contributed by atoms with Gasteiger partial charge in [-0.1, -0.05) is 61.5 Å². The fourth-order valence-electron chi connectivity index (χ4n) is 3.20. The summed E-state index contributed by atoms with van der Waals surface area (Å²) in [5, 5.41) is 12.2. The van der Waals surface area contributed by atoms with Crippen LogP contribution in [0.1, 0.15) is 29.3 Å². The van der Waals surface area contributed by atoms with Crippen LogP contribution in [0.2, 0.25) is 0 Å². The Morgan fingerprint density at radius 1 is 1.00 bits per heavy atom. The van der Waals surface area contributed by atoms with Crippen molar-refractivity contribution in [2.75, 3.05) is 0 Å². The Balaban J connectivity index is 1.72. The lowest BCUT2D eigenvalue weighted by Crippen LogP contribution is -2.38. The largest absolute Gasteiger partial charge is 0.481 e. The molecule has 0 bridgehead atoms. The molecule has 0 unspecified atom stereocenters. The molecule has 0 radical (unpaired) electrons. The maximum atomic E-state index is 12.4. The first-order valence-corrected chi connectivity index (χ1v) is 9.33. The topological polar surface area (TPSA) is 82.2 Å². The minimum absolute atomic E-state index is 0.204. The zero-order chi connectivity index (χ0) is 19.9. The maximum Gasteiger partial charge on any atom is 0.306 e. The normalized spacial score (nSPS) is 12.9. The lowest BCUT2D eigenvalue weighted by Gasteiger charge is -2.21. The Morgan fingerprint density at radius 3 is 2.29 bits per heavy atom. The molecule has 3 N–H and O–H groups in total. The van der Waals surface area contributed by atoms with Gasteiger partial charge in [0.25, 0.3) is 5.91 Å². The van der Waals surface area contributed by atoms with E-state index in [1.54, 1.807) is 25.4 Å². The van der Waals surface area contributed by atoms with E-state index in [-0.39, 0.29) is 11.9 Å². The van der Waals surface area contributed by atoms with Gasteiger partial charge in [-0.3, -0.25) is 9.59 Å². The van der Waals surface area contributed by atoms with Crippen molar-refractivity contribution in [3.63, 3.8) is 0 Å². The molecule has 0 aliphatic rings. The van der Waals surface area contributed by atoms with Gasteiger partial charge in [-0.05, 0) is 35.6 Å². The zero-order valence-electron chi connectivity index (χ0n) is 15.8. The monoisotopic (exact) mass is 376 g/mol. The molecule has 2 aromatic carbocycles. The molecule has 3 aromatic rings. The van der Waals surface area contributed by atoms with E-state index in [2.05, 4.69) is 34.6 Å². The lowest BCUT2D eigenvalue weighted by molar-refractivity contribution is -0.141. The number of carboxylic acids is 1. The molecular weight excluding hydrogens is 352 g/mol. The average Bonchev–Trinajstić information content (AvgIpc) is 3.24. The highest BCUT2D eigenvalue weighted by atomic mass is 16.4. The molecule has 0 spiro atoms.